The van der Waals surface area contributed by atoms with E-state index in [0.717, 1.165) is 0 Å². The number of nitrogens with two attached hydrogens (primary N) is 1. The van der Waals surface area contributed by atoms with Crippen molar-refractivity contribution in [2.45, 2.75) is 19.4 Å². The van der Waals surface area contributed by atoms with Gasteiger partial charge in [-0.05, 0) is 38.1 Å². The predicted molar refractivity (Wildman–Crippen MR) is 72.6 cm³/mol. The van der Waals surface area contributed by atoms with Crippen LogP contribution in [0.5, 0.6) is 5.75 Å². The fraction of sp³-hybridized carbons (Fsp3) is 0.333. The summed E-state index contributed by atoms with van der Waals surface area (Å²) in [5.74, 6) is 0.0556. The summed E-state index contributed by atoms with van der Waals surface area (Å²) in [4.78, 5) is 11.7. The molecule has 1 amide bonds. The van der Waals surface area contributed by atoms with Crippen LogP contribution in [0, 0.1) is 0 Å². The fourth-order valence-electron chi connectivity index (χ4n) is 1.25. The third-order valence-electron chi connectivity index (χ3n) is 2.38. The summed E-state index contributed by atoms with van der Waals surface area (Å²) in [6.45, 7) is 3.05. The zero-order valence-electron chi connectivity index (χ0n) is 10.7. The SMILES string of the molecule is CC(C)(NC(=O)COc1ccc(Cl)cc1)/C(N)=N/O. The number of benzene rings is 1. The van der Waals surface area contributed by atoms with Crippen molar-refractivity contribution in [2.75, 3.05) is 6.61 Å². The van der Waals surface area contributed by atoms with Gasteiger partial charge in [0.15, 0.2) is 12.4 Å². The van der Waals surface area contributed by atoms with Crippen molar-refractivity contribution in [1.82, 2.24) is 5.32 Å². The molecule has 1 aromatic rings. The second-order valence-electron chi connectivity index (χ2n) is 4.40. The van der Waals surface area contributed by atoms with Crippen LogP contribution in [0.4, 0.5) is 0 Å². The van der Waals surface area contributed by atoms with Crippen LogP contribution in [0.1, 0.15) is 13.8 Å². The number of carbonyl (C=O) groups excluding carboxylic acids is 1. The zero-order valence-corrected chi connectivity index (χ0v) is 11.4. The van der Waals surface area contributed by atoms with Crippen molar-refractivity contribution in [3.63, 3.8) is 0 Å². The maximum Gasteiger partial charge on any atom is 0.258 e. The Morgan fingerprint density at radius 3 is 2.58 bits per heavy atom. The van der Waals surface area contributed by atoms with E-state index in [1.807, 2.05) is 0 Å². The Morgan fingerprint density at radius 1 is 1.47 bits per heavy atom. The quantitative estimate of drug-likeness (QED) is 0.329. The minimum atomic E-state index is -0.949. The number of hydrogen-bond donors (Lipinski definition) is 3. The summed E-state index contributed by atoms with van der Waals surface area (Å²) in [5, 5.41) is 14.6. The van der Waals surface area contributed by atoms with Crippen molar-refractivity contribution >= 4 is 23.3 Å². The van der Waals surface area contributed by atoms with Gasteiger partial charge in [0.1, 0.15) is 5.75 Å². The number of ether oxygens (including phenoxy) is 1. The predicted octanol–water partition coefficient (Wildman–Crippen LogP) is 1.36. The lowest BCUT2D eigenvalue weighted by Crippen LogP contribution is -2.54. The van der Waals surface area contributed by atoms with Gasteiger partial charge in [-0.25, -0.2) is 0 Å². The summed E-state index contributed by atoms with van der Waals surface area (Å²) in [7, 11) is 0. The molecule has 6 nitrogen and oxygen atoms in total. The maximum atomic E-state index is 11.7. The Balaban J connectivity index is 2.50. The molecule has 0 spiro atoms. The van der Waals surface area contributed by atoms with Gasteiger partial charge in [-0.1, -0.05) is 16.8 Å². The number of rotatable bonds is 5. The van der Waals surface area contributed by atoms with Crippen LogP contribution in [-0.4, -0.2) is 29.1 Å². The van der Waals surface area contributed by atoms with Crippen LogP contribution in [-0.2, 0) is 4.79 Å². The van der Waals surface area contributed by atoms with Crippen molar-refractivity contribution in [1.29, 1.82) is 0 Å². The first-order chi connectivity index (χ1) is 8.85. The minimum absolute atomic E-state index is 0.0904. The summed E-state index contributed by atoms with van der Waals surface area (Å²) >= 11 is 5.73. The molecule has 0 heterocycles. The summed E-state index contributed by atoms with van der Waals surface area (Å²) in [6, 6.07) is 6.64. The number of hydrogen-bond acceptors (Lipinski definition) is 4. The molecule has 0 atom stereocenters. The molecule has 0 aliphatic rings. The topological polar surface area (TPSA) is 96.9 Å². The number of nitrogens with one attached hydrogen (secondary N) is 1. The van der Waals surface area contributed by atoms with Crippen LogP contribution in [0.25, 0.3) is 0 Å². The van der Waals surface area contributed by atoms with Gasteiger partial charge in [-0.3, -0.25) is 4.79 Å². The van der Waals surface area contributed by atoms with E-state index in [0.29, 0.717) is 10.8 Å². The van der Waals surface area contributed by atoms with E-state index in [9.17, 15) is 4.79 Å². The molecule has 19 heavy (non-hydrogen) atoms. The third kappa shape index (κ3) is 4.67. The lowest BCUT2D eigenvalue weighted by molar-refractivity contribution is -0.124. The summed E-state index contributed by atoms with van der Waals surface area (Å²) in [6.07, 6.45) is 0. The largest absolute Gasteiger partial charge is 0.484 e. The molecule has 0 aliphatic heterocycles. The van der Waals surface area contributed by atoms with E-state index in [2.05, 4.69) is 10.5 Å². The number of halogens is 1. The molecule has 104 valence electrons. The van der Waals surface area contributed by atoms with Gasteiger partial charge < -0.3 is 21.0 Å². The Hall–Kier alpha value is -1.95. The summed E-state index contributed by atoms with van der Waals surface area (Å²) in [5.41, 5.74) is 4.50. The van der Waals surface area contributed by atoms with Crippen LogP contribution in [0.3, 0.4) is 0 Å². The average Bonchev–Trinajstić information content (AvgIpc) is 2.36. The molecule has 0 fully saturated rings. The number of oxime groups is 1. The molecule has 0 aliphatic carbocycles. The Labute approximate surface area is 116 Å². The number of amidine groups is 1. The number of amides is 1. The highest BCUT2D eigenvalue weighted by Gasteiger charge is 2.25. The Morgan fingerprint density at radius 2 is 2.05 bits per heavy atom. The first-order valence-electron chi connectivity index (χ1n) is 5.52. The third-order valence-corrected chi connectivity index (χ3v) is 2.64. The molecule has 1 rings (SSSR count). The number of carbonyl (C=O) groups is 1. The van der Waals surface area contributed by atoms with E-state index in [-0.39, 0.29) is 18.3 Å². The van der Waals surface area contributed by atoms with Gasteiger partial charge in [-0.15, -0.1) is 0 Å². The fourth-order valence-corrected chi connectivity index (χ4v) is 1.38. The summed E-state index contributed by atoms with van der Waals surface area (Å²) < 4.78 is 5.27. The zero-order chi connectivity index (χ0) is 14.5. The second kappa shape index (κ2) is 6.29. The van der Waals surface area contributed by atoms with E-state index in [1.165, 1.54) is 0 Å². The smallest absolute Gasteiger partial charge is 0.258 e. The van der Waals surface area contributed by atoms with Crippen LogP contribution >= 0.6 is 11.6 Å². The maximum absolute atomic E-state index is 11.7. The lowest BCUT2D eigenvalue weighted by atomic mass is 10.0. The normalized spacial score (nSPS) is 12.1. The molecule has 0 bridgehead atoms. The standard InChI is InChI=1S/C12H16ClN3O3/c1-12(2,11(14)16-18)15-10(17)7-19-9-5-3-8(13)4-6-9/h3-6,18H,7H2,1-2H3,(H2,14,16)(H,15,17). The van der Waals surface area contributed by atoms with E-state index < -0.39 is 5.54 Å². The highest BCUT2D eigenvalue weighted by molar-refractivity contribution is 6.30. The van der Waals surface area contributed by atoms with Gasteiger partial charge in [0, 0.05) is 5.02 Å². The highest BCUT2D eigenvalue weighted by atomic mass is 35.5. The minimum Gasteiger partial charge on any atom is -0.484 e. The molecular weight excluding hydrogens is 270 g/mol. The molecular formula is C12H16ClN3O3. The second-order valence-corrected chi connectivity index (χ2v) is 4.84. The van der Waals surface area contributed by atoms with Gasteiger partial charge in [0.2, 0.25) is 0 Å². The first kappa shape index (κ1) is 15.1. The van der Waals surface area contributed by atoms with Crippen molar-refractivity contribution in [3.8, 4) is 5.75 Å². The number of nitrogens with zero attached hydrogens (tertiary/aromatic N) is 1. The molecule has 0 unspecified atom stereocenters. The first-order valence-corrected chi connectivity index (χ1v) is 5.90. The lowest BCUT2D eigenvalue weighted by Gasteiger charge is -2.24. The van der Waals surface area contributed by atoms with Gasteiger partial charge in [-0.2, -0.15) is 0 Å². The average molecular weight is 286 g/mol. The van der Waals surface area contributed by atoms with E-state index in [4.69, 9.17) is 27.3 Å². The van der Waals surface area contributed by atoms with Crippen LogP contribution < -0.4 is 15.8 Å². The molecule has 7 heteroatoms. The van der Waals surface area contributed by atoms with Crippen molar-refractivity contribution in [2.24, 2.45) is 10.9 Å². The Bertz CT molecular complexity index is 472. The monoisotopic (exact) mass is 285 g/mol. The van der Waals surface area contributed by atoms with Crippen molar-refractivity contribution < 1.29 is 14.7 Å². The molecule has 0 saturated carbocycles. The highest BCUT2D eigenvalue weighted by Crippen LogP contribution is 2.15. The Kier molecular flexibility index (Phi) is 5.00. The molecule has 0 aromatic heterocycles. The van der Waals surface area contributed by atoms with E-state index in [1.54, 1.807) is 38.1 Å². The van der Waals surface area contributed by atoms with Crippen LogP contribution in [0.15, 0.2) is 29.4 Å². The van der Waals surface area contributed by atoms with Crippen molar-refractivity contribution in [3.05, 3.63) is 29.3 Å². The van der Waals surface area contributed by atoms with E-state index >= 15 is 0 Å². The molecule has 0 radical (unpaired) electrons. The van der Waals surface area contributed by atoms with Gasteiger partial charge >= 0.3 is 0 Å². The molecule has 0 saturated heterocycles. The van der Waals surface area contributed by atoms with Gasteiger partial charge in [0.05, 0.1) is 5.54 Å². The van der Waals surface area contributed by atoms with Gasteiger partial charge in [0.25, 0.3) is 5.91 Å². The van der Waals surface area contributed by atoms with Crippen LogP contribution in [0.2, 0.25) is 5.02 Å². The molecule has 1 aromatic carbocycles. The molecule has 4 N–H and O–H groups in total.